The molecule has 2 fully saturated rings. The molecule has 0 spiro atoms. The van der Waals surface area contributed by atoms with Gasteiger partial charge in [0.15, 0.2) is 0 Å². The summed E-state index contributed by atoms with van der Waals surface area (Å²) in [5.74, 6) is -1.56. The Morgan fingerprint density at radius 2 is 1.89 bits per heavy atom. The third-order valence-corrected chi connectivity index (χ3v) is 4.38. The minimum Gasteiger partial charge on any atom is -0.481 e. The van der Waals surface area contributed by atoms with Gasteiger partial charge in [0.05, 0.1) is 11.8 Å². The third kappa shape index (κ3) is 2.25. The van der Waals surface area contributed by atoms with Crippen LogP contribution in [0.15, 0.2) is 0 Å². The van der Waals surface area contributed by atoms with Gasteiger partial charge in [0.2, 0.25) is 5.91 Å². The van der Waals surface area contributed by atoms with E-state index < -0.39 is 11.9 Å². The second-order valence-electron chi connectivity index (χ2n) is 6.23. The molecule has 0 saturated heterocycles. The van der Waals surface area contributed by atoms with Crippen molar-refractivity contribution >= 4 is 11.9 Å². The van der Waals surface area contributed by atoms with E-state index in [1.807, 2.05) is 18.7 Å². The standard InChI is InChI=1S/C14H23NO3/c1-4-5-8-15(9-6-7-9)12(16)10-11(13(17)18)14(10,2)3/h9-11H,4-8H2,1-3H3,(H,17,18)/t10-,11+/m1/s1. The molecule has 18 heavy (non-hydrogen) atoms. The van der Waals surface area contributed by atoms with Crippen LogP contribution >= 0.6 is 0 Å². The van der Waals surface area contributed by atoms with Gasteiger partial charge in [-0.25, -0.2) is 0 Å². The number of hydrogen-bond acceptors (Lipinski definition) is 2. The van der Waals surface area contributed by atoms with E-state index in [4.69, 9.17) is 5.11 Å². The Kier molecular flexibility index (Phi) is 3.39. The van der Waals surface area contributed by atoms with E-state index in [2.05, 4.69) is 6.92 Å². The molecule has 1 amide bonds. The van der Waals surface area contributed by atoms with Gasteiger partial charge in [-0.3, -0.25) is 9.59 Å². The van der Waals surface area contributed by atoms with E-state index >= 15 is 0 Å². The minimum atomic E-state index is -0.829. The Morgan fingerprint density at radius 3 is 2.28 bits per heavy atom. The van der Waals surface area contributed by atoms with Gasteiger partial charge in [0.25, 0.3) is 0 Å². The number of carbonyl (C=O) groups is 2. The highest BCUT2D eigenvalue weighted by atomic mass is 16.4. The van der Waals surface area contributed by atoms with Crippen LogP contribution in [0.3, 0.4) is 0 Å². The van der Waals surface area contributed by atoms with E-state index in [0.29, 0.717) is 6.04 Å². The molecule has 0 bridgehead atoms. The molecule has 0 aromatic heterocycles. The molecule has 2 rings (SSSR count). The monoisotopic (exact) mass is 253 g/mol. The molecule has 0 aliphatic heterocycles. The normalized spacial score (nSPS) is 28.8. The lowest BCUT2D eigenvalue weighted by atomic mass is 10.1. The summed E-state index contributed by atoms with van der Waals surface area (Å²) in [6, 6.07) is 0.384. The van der Waals surface area contributed by atoms with Crippen LogP contribution in [0.5, 0.6) is 0 Å². The van der Waals surface area contributed by atoms with Gasteiger partial charge in [-0.15, -0.1) is 0 Å². The number of carboxylic acids is 1. The van der Waals surface area contributed by atoms with E-state index in [9.17, 15) is 9.59 Å². The van der Waals surface area contributed by atoms with Crippen LogP contribution in [-0.4, -0.2) is 34.5 Å². The lowest BCUT2D eigenvalue weighted by molar-refractivity contribution is -0.142. The molecule has 0 heterocycles. The Morgan fingerprint density at radius 1 is 1.28 bits per heavy atom. The number of rotatable bonds is 6. The number of aliphatic carboxylic acids is 1. The zero-order chi connectivity index (χ0) is 13.5. The molecule has 0 aromatic carbocycles. The molecular formula is C14H23NO3. The van der Waals surface area contributed by atoms with E-state index in [1.54, 1.807) is 0 Å². The van der Waals surface area contributed by atoms with Crippen molar-refractivity contribution in [2.75, 3.05) is 6.54 Å². The van der Waals surface area contributed by atoms with Crippen molar-refractivity contribution in [1.29, 1.82) is 0 Å². The first-order valence-electron chi connectivity index (χ1n) is 6.94. The number of carbonyl (C=O) groups excluding carboxylic acids is 1. The summed E-state index contributed by atoms with van der Waals surface area (Å²) in [5.41, 5.74) is -0.373. The number of nitrogens with zero attached hydrogens (tertiary/aromatic N) is 1. The fourth-order valence-electron chi connectivity index (χ4n) is 2.93. The second-order valence-corrected chi connectivity index (χ2v) is 6.23. The molecular weight excluding hydrogens is 230 g/mol. The smallest absolute Gasteiger partial charge is 0.307 e. The van der Waals surface area contributed by atoms with Crippen LogP contribution in [-0.2, 0) is 9.59 Å². The molecule has 0 radical (unpaired) electrons. The molecule has 0 unspecified atom stereocenters. The number of carboxylic acid groups (broad SMARTS) is 1. The van der Waals surface area contributed by atoms with Gasteiger partial charge >= 0.3 is 5.97 Å². The van der Waals surface area contributed by atoms with Gasteiger partial charge in [0, 0.05) is 12.6 Å². The maximum Gasteiger partial charge on any atom is 0.307 e. The van der Waals surface area contributed by atoms with Gasteiger partial charge in [-0.1, -0.05) is 27.2 Å². The van der Waals surface area contributed by atoms with Crippen LogP contribution in [0.1, 0.15) is 46.5 Å². The topological polar surface area (TPSA) is 57.6 Å². The number of amides is 1. The SMILES string of the molecule is CCCCN(C(=O)[C@H]1[C@@H](C(=O)O)C1(C)C)C1CC1. The lowest BCUT2D eigenvalue weighted by Crippen LogP contribution is -2.36. The van der Waals surface area contributed by atoms with Gasteiger partial charge in [-0.2, -0.15) is 0 Å². The zero-order valence-electron chi connectivity index (χ0n) is 11.5. The van der Waals surface area contributed by atoms with Crippen molar-refractivity contribution in [2.24, 2.45) is 17.3 Å². The van der Waals surface area contributed by atoms with Crippen LogP contribution in [0.2, 0.25) is 0 Å². The van der Waals surface area contributed by atoms with E-state index in [-0.39, 0.29) is 17.2 Å². The summed E-state index contributed by atoms with van der Waals surface area (Å²) in [6.07, 6.45) is 4.24. The van der Waals surface area contributed by atoms with Gasteiger partial charge in [0.1, 0.15) is 0 Å². The number of unbranched alkanes of at least 4 members (excludes halogenated alkanes) is 1. The zero-order valence-corrected chi connectivity index (χ0v) is 11.5. The minimum absolute atomic E-state index is 0.0725. The molecule has 102 valence electrons. The fourth-order valence-corrected chi connectivity index (χ4v) is 2.93. The Labute approximate surface area is 108 Å². The van der Waals surface area contributed by atoms with Crippen molar-refractivity contribution in [3.8, 4) is 0 Å². The first-order valence-corrected chi connectivity index (χ1v) is 6.94. The highest BCUT2D eigenvalue weighted by molar-refractivity contribution is 5.92. The molecule has 2 aliphatic carbocycles. The van der Waals surface area contributed by atoms with Crippen LogP contribution in [0, 0.1) is 17.3 Å². The van der Waals surface area contributed by atoms with Crippen molar-refractivity contribution in [2.45, 2.75) is 52.5 Å². The quantitative estimate of drug-likeness (QED) is 0.789. The molecule has 1 N–H and O–H groups in total. The first-order chi connectivity index (χ1) is 8.41. The first kappa shape index (κ1) is 13.4. The van der Waals surface area contributed by atoms with Crippen LogP contribution < -0.4 is 0 Å². The predicted octanol–water partition coefficient (Wildman–Crippen LogP) is 2.13. The third-order valence-electron chi connectivity index (χ3n) is 4.38. The fraction of sp³-hybridized carbons (Fsp3) is 0.857. The summed E-state index contributed by atoms with van der Waals surface area (Å²) in [5, 5.41) is 9.15. The lowest BCUT2D eigenvalue weighted by Gasteiger charge is -2.23. The Hall–Kier alpha value is -1.06. The molecule has 2 atom stereocenters. The van der Waals surface area contributed by atoms with Gasteiger partial charge in [-0.05, 0) is 24.7 Å². The van der Waals surface area contributed by atoms with Crippen molar-refractivity contribution in [3.63, 3.8) is 0 Å². The van der Waals surface area contributed by atoms with Gasteiger partial charge < -0.3 is 10.0 Å². The second kappa shape index (κ2) is 4.56. The van der Waals surface area contributed by atoms with Crippen LogP contribution in [0.4, 0.5) is 0 Å². The Bertz CT molecular complexity index is 360. The molecule has 2 saturated carbocycles. The highest BCUT2D eigenvalue weighted by Gasteiger charge is 2.67. The molecule has 4 nitrogen and oxygen atoms in total. The Balaban J connectivity index is 2.03. The van der Waals surface area contributed by atoms with E-state index in [0.717, 1.165) is 32.2 Å². The van der Waals surface area contributed by atoms with Crippen molar-refractivity contribution < 1.29 is 14.7 Å². The predicted molar refractivity (Wildman–Crippen MR) is 68.0 cm³/mol. The number of hydrogen-bond donors (Lipinski definition) is 1. The maximum absolute atomic E-state index is 12.5. The molecule has 4 heteroatoms. The summed E-state index contributed by atoms with van der Waals surface area (Å²) >= 11 is 0. The summed E-state index contributed by atoms with van der Waals surface area (Å²) in [6.45, 7) is 6.67. The van der Waals surface area contributed by atoms with Crippen molar-refractivity contribution in [3.05, 3.63) is 0 Å². The summed E-state index contributed by atoms with van der Waals surface area (Å²) in [4.78, 5) is 25.6. The molecule has 2 aliphatic rings. The highest BCUT2D eigenvalue weighted by Crippen LogP contribution is 2.59. The average molecular weight is 253 g/mol. The summed E-state index contributed by atoms with van der Waals surface area (Å²) < 4.78 is 0. The van der Waals surface area contributed by atoms with Crippen LogP contribution in [0.25, 0.3) is 0 Å². The molecule has 0 aromatic rings. The van der Waals surface area contributed by atoms with E-state index in [1.165, 1.54) is 0 Å². The average Bonchev–Trinajstić information content (AvgIpc) is 3.14. The van der Waals surface area contributed by atoms with Crippen molar-refractivity contribution in [1.82, 2.24) is 4.90 Å². The largest absolute Gasteiger partial charge is 0.481 e. The maximum atomic E-state index is 12.5. The summed E-state index contributed by atoms with van der Waals surface area (Å²) in [7, 11) is 0.